The van der Waals surface area contributed by atoms with Gasteiger partial charge < -0.3 is 9.88 Å². The van der Waals surface area contributed by atoms with Crippen molar-refractivity contribution in [1.29, 1.82) is 0 Å². The predicted octanol–water partition coefficient (Wildman–Crippen LogP) is 4.66. The molecule has 4 rings (SSSR count). The molecule has 0 saturated carbocycles. The summed E-state index contributed by atoms with van der Waals surface area (Å²) in [6.07, 6.45) is 3.91. The topological polar surface area (TPSA) is 75.9 Å². The highest BCUT2D eigenvalue weighted by Crippen LogP contribution is 2.29. The van der Waals surface area contributed by atoms with Crippen LogP contribution in [0.3, 0.4) is 0 Å². The van der Waals surface area contributed by atoms with Crippen molar-refractivity contribution in [1.82, 2.24) is 24.6 Å². The zero-order chi connectivity index (χ0) is 22.5. The standard InChI is InChI=1S/C22H24Cl2N6OS/c1-15-17(23)11-25-21(20(15)24)26-19(31)14-32-22-28-27-18(13-29-9-5-6-10-29)30(22)12-16-7-3-2-4-8-16/h2-4,7-8,11H,5-6,9-10,12-14H2,1H3,(H,25,26,31). The molecule has 0 atom stereocenters. The van der Waals surface area contributed by atoms with Crippen molar-refractivity contribution in [3.05, 3.63) is 63.5 Å². The van der Waals surface area contributed by atoms with Gasteiger partial charge in [-0.15, -0.1) is 10.2 Å². The Morgan fingerprint density at radius 3 is 2.62 bits per heavy atom. The van der Waals surface area contributed by atoms with E-state index in [1.165, 1.54) is 30.8 Å². The van der Waals surface area contributed by atoms with Crippen LogP contribution in [-0.2, 0) is 17.9 Å². The van der Waals surface area contributed by atoms with E-state index in [9.17, 15) is 4.79 Å². The molecule has 10 heteroatoms. The first-order valence-electron chi connectivity index (χ1n) is 10.4. The largest absolute Gasteiger partial charge is 0.309 e. The van der Waals surface area contributed by atoms with E-state index in [1.54, 1.807) is 6.92 Å². The fraction of sp³-hybridized carbons (Fsp3) is 0.364. The monoisotopic (exact) mass is 490 g/mol. The summed E-state index contributed by atoms with van der Waals surface area (Å²) in [6.45, 7) is 5.36. The van der Waals surface area contributed by atoms with Gasteiger partial charge in [0.25, 0.3) is 0 Å². The zero-order valence-corrected chi connectivity index (χ0v) is 20.1. The second-order valence-corrected chi connectivity index (χ2v) is 9.41. The van der Waals surface area contributed by atoms with Gasteiger partial charge in [0.2, 0.25) is 5.91 Å². The number of halogens is 2. The van der Waals surface area contributed by atoms with Crippen molar-refractivity contribution >= 4 is 46.7 Å². The minimum atomic E-state index is -0.221. The molecule has 1 saturated heterocycles. The number of nitrogens with one attached hydrogen (secondary N) is 1. The molecule has 2 aromatic heterocycles. The van der Waals surface area contributed by atoms with Gasteiger partial charge in [0.05, 0.1) is 28.9 Å². The molecule has 0 unspecified atom stereocenters. The molecule has 1 N–H and O–H groups in total. The number of likely N-dealkylation sites (tertiary alicyclic amines) is 1. The lowest BCUT2D eigenvalue weighted by atomic mass is 10.2. The Morgan fingerprint density at radius 1 is 1.12 bits per heavy atom. The molecule has 0 aliphatic carbocycles. The van der Waals surface area contributed by atoms with Crippen molar-refractivity contribution in [2.24, 2.45) is 0 Å². The van der Waals surface area contributed by atoms with E-state index in [0.29, 0.717) is 33.1 Å². The van der Waals surface area contributed by atoms with Crippen LogP contribution in [0.25, 0.3) is 0 Å². The average Bonchev–Trinajstić information content (AvgIpc) is 3.44. The minimum absolute atomic E-state index is 0.163. The maximum Gasteiger partial charge on any atom is 0.236 e. The highest BCUT2D eigenvalue weighted by atomic mass is 35.5. The number of nitrogens with zero attached hydrogens (tertiary/aromatic N) is 5. The Kier molecular flexibility index (Phi) is 7.67. The summed E-state index contributed by atoms with van der Waals surface area (Å²) in [6, 6.07) is 10.2. The van der Waals surface area contributed by atoms with Crippen molar-refractivity contribution in [2.75, 3.05) is 24.2 Å². The van der Waals surface area contributed by atoms with Crippen LogP contribution in [0.4, 0.5) is 5.82 Å². The lowest BCUT2D eigenvalue weighted by Gasteiger charge is -2.16. The number of pyridine rings is 1. The Bertz CT molecular complexity index is 1090. The van der Waals surface area contributed by atoms with Gasteiger partial charge in [-0.25, -0.2) is 4.98 Å². The van der Waals surface area contributed by atoms with Gasteiger partial charge in [-0.05, 0) is 44.0 Å². The molecule has 1 aromatic carbocycles. The highest BCUT2D eigenvalue weighted by Gasteiger charge is 2.20. The van der Waals surface area contributed by atoms with Crippen LogP contribution in [-0.4, -0.2) is 49.4 Å². The van der Waals surface area contributed by atoms with Crippen molar-refractivity contribution < 1.29 is 4.79 Å². The van der Waals surface area contributed by atoms with E-state index in [2.05, 4.69) is 42.1 Å². The number of hydrogen-bond donors (Lipinski definition) is 1. The van der Waals surface area contributed by atoms with E-state index in [4.69, 9.17) is 23.2 Å². The zero-order valence-electron chi connectivity index (χ0n) is 17.7. The van der Waals surface area contributed by atoms with E-state index in [-0.39, 0.29) is 11.7 Å². The van der Waals surface area contributed by atoms with Crippen LogP contribution in [0.15, 0.2) is 41.7 Å². The molecule has 0 bridgehead atoms. The van der Waals surface area contributed by atoms with Gasteiger partial charge in [0.15, 0.2) is 11.0 Å². The fourth-order valence-electron chi connectivity index (χ4n) is 3.55. The quantitative estimate of drug-likeness (QED) is 0.462. The summed E-state index contributed by atoms with van der Waals surface area (Å²) < 4.78 is 2.10. The van der Waals surface area contributed by atoms with Crippen LogP contribution in [0, 0.1) is 6.92 Å². The highest BCUT2D eigenvalue weighted by molar-refractivity contribution is 7.99. The molecule has 168 valence electrons. The maximum atomic E-state index is 12.6. The van der Waals surface area contributed by atoms with Crippen LogP contribution >= 0.6 is 35.0 Å². The van der Waals surface area contributed by atoms with E-state index < -0.39 is 0 Å². The number of hydrogen-bond acceptors (Lipinski definition) is 6. The minimum Gasteiger partial charge on any atom is -0.309 e. The average molecular weight is 491 g/mol. The third-order valence-corrected chi connectivity index (χ3v) is 7.14. The molecule has 3 heterocycles. The smallest absolute Gasteiger partial charge is 0.236 e. The second kappa shape index (κ2) is 10.7. The number of aromatic nitrogens is 4. The van der Waals surface area contributed by atoms with Crippen molar-refractivity contribution in [3.63, 3.8) is 0 Å². The second-order valence-electron chi connectivity index (χ2n) is 7.68. The molecule has 1 amide bonds. The summed E-state index contributed by atoms with van der Waals surface area (Å²) >= 11 is 13.6. The Hall–Kier alpha value is -2.13. The van der Waals surface area contributed by atoms with Crippen molar-refractivity contribution in [3.8, 4) is 0 Å². The Balaban J connectivity index is 1.46. The van der Waals surface area contributed by atoms with Crippen LogP contribution in [0.2, 0.25) is 10.0 Å². The number of rotatable bonds is 8. The summed E-state index contributed by atoms with van der Waals surface area (Å²) in [4.78, 5) is 19.1. The third kappa shape index (κ3) is 5.61. The van der Waals surface area contributed by atoms with Crippen LogP contribution < -0.4 is 5.32 Å². The van der Waals surface area contributed by atoms with E-state index in [0.717, 1.165) is 31.0 Å². The lowest BCUT2D eigenvalue weighted by molar-refractivity contribution is -0.113. The van der Waals surface area contributed by atoms with E-state index in [1.807, 2.05) is 18.2 Å². The number of anilines is 1. The number of thioether (sulfide) groups is 1. The Labute approximate surface area is 201 Å². The molecule has 7 nitrogen and oxygen atoms in total. The molecule has 1 aliphatic rings. The summed E-state index contributed by atoms with van der Waals surface area (Å²) in [7, 11) is 0. The fourth-order valence-corrected chi connectivity index (χ4v) is 4.70. The van der Waals surface area contributed by atoms with Gasteiger partial charge in [0, 0.05) is 6.20 Å². The van der Waals surface area contributed by atoms with Gasteiger partial charge in [-0.2, -0.15) is 0 Å². The number of benzene rings is 1. The molecular weight excluding hydrogens is 467 g/mol. The van der Waals surface area contributed by atoms with E-state index >= 15 is 0 Å². The first-order chi connectivity index (χ1) is 15.5. The molecule has 0 radical (unpaired) electrons. The van der Waals surface area contributed by atoms with Gasteiger partial charge in [-0.3, -0.25) is 9.69 Å². The number of carbonyl (C=O) groups excluding carboxylic acids is 1. The van der Waals surface area contributed by atoms with Gasteiger partial charge in [0.1, 0.15) is 5.82 Å². The first-order valence-corrected chi connectivity index (χ1v) is 12.2. The van der Waals surface area contributed by atoms with Gasteiger partial charge >= 0.3 is 0 Å². The predicted molar refractivity (Wildman–Crippen MR) is 128 cm³/mol. The molecule has 3 aromatic rings. The summed E-state index contributed by atoms with van der Waals surface area (Å²) in [5.74, 6) is 1.16. The lowest BCUT2D eigenvalue weighted by Crippen LogP contribution is -2.22. The summed E-state index contributed by atoms with van der Waals surface area (Å²) in [5, 5.41) is 13.1. The molecule has 1 aliphatic heterocycles. The summed E-state index contributed by atoms with van der Waals surface area (Å²) in [5.41, 5.74) is 1.84. The number of amides is 1. The molecule has 0 spiro atoms. The van der Waals surface area contributed by atoms with Crippen LogP contribution in [0.1, 0.15) is 29.8 Å². The van der Waals surface area contributed by atoms with Gasteiger partial charge in [-0.1, -0.05) is 65.3 Å². The maximum absolute atomic E-state index is 12.6. The third-order valence-electron chi connectivity index (χ3n) is 5.33. The Morgan fingerprint density at radius 2 is 1.88 bits per heavy atom. The van der Waals surface area contributed by atoms with Crippen molar-refractivity contribution in [2.45, 2.75) is 38.0 Å². The molecule has 1 fully saturated rings. The molecular formula is C22H24Cl2N6OS. The molecule has 32 heavy (non-hydrogen) atoms. The first kappa shape index (κ1) is 23.0. The van der Waals surface area contributed by atoms with Crippen LogP contribution in [0.5, 0.6) is 0 Å². The number of carbonyl (C=O) groups is 1. The normalized spacial score (nSPS) is 14.1. The SMILES string of the molecule is Cc1c(Cl)cnc(NC(=O)CSc2nnc(CN3CCCC3)n2Cc2ccccc2)c1Cl.